The van der Waals surface area contributed by atoms with E-state index in [0.29, 0.717) is 20.6 Å². The highest BCUT2D eigenvalue weighted by Gasteiger charge is 2.15. The molecule has 3 rings (SSSR count). The van der Waals surface area contributed by atoms with Crippen LogP contribution in [0, 0.1) is 6.92 Å². The Kier molecular flexibility index (Phi) is 5.36. The average Bonchev–Trinajstić information content (AvgIpc) is 3.13. The van der Waals surface area contributed by atoms with Crippen LogP contribution in [0.2, 0.25) is 4.34 Å². The fourth-order valence-corrected chi connectivity index (χ4v) is 4.48. The van der Waals surface area contributed by atoms with Gasteiger partial charge in [0.1, 0.15) is 6.54 Å². The number of hydrogen-bond acceptors (Lipinski definition) is 5. The number of para-hydroxylation sites is 1. The van der Waals surface area contributed by atoms with E-state index in [-0.39, 0.29) is 18.4 Å². The smallest absolute Gasteiger partial charge is 0.326 e. The molecule has 0 aliphatic heterocycles. The van der Waals surface area contributed by atoms with Gasteiger partial charge >= 0.3 is 5.97 Å². The molecular weight excluding hydrogens is 380 g/mol. The number of halogens is 1. The van der Waals surface area contributed by atoms with Crippen LogP contribution >= 0.6 is 34.3 Å². The van der Waals surface area contributed by atoms with Gasteiger partial charge in [-0.1, -0.05) is 35.1 Å². The summed E-state index contributed by atoms with van der Waals surface area (Å²) in [5, 5.41) is 0. The number of amides is 1. The molecule has 0 bridgehead atoms. The predicted octanol–water partition coefficient (Wildman–Crippen LogP) is 4.03. The van der Waals surface area contributed by atoms with Gasteiger partial charge in [0.05, 0.1) is 26.0 Å². The lowest BCUT2D eigenvalue weighted by Crippen LogP contribution is -2.23. The maximum Gasteiger partial charge on any atom is 0.326 e. The molecule has 0 aliphatic carbocycles. The molecule has 0 fully saturated rings. The van der Waals surface area contributed by atoms with Crippen LogP contribution in [-0.2, 0) is 16.1 Å². The Morgan fingerprint density at radius 3 is 2.72 bits per heavy atom. The van der Waals surface area contributed by atoms with Crippen molar-refractivity contribution in [1.29, 1.82) is 0 Å². The molecule has 1 aromatic carbocycles. The van der Waals surface area contributed by atoms with Gasteiger partial charge in [0, 0.05) is 0 Å². The van der Waals surface area contributed by atoms with Crippen LogP contribution in [0.25, 0.3) is 10.2 Å². The van der Waals surface area contributed by atoms with E-state index in [4.69, 9.17) is 16.3 Å². The van der Waals surface area contributed by atoms with Crippen molar-refractivity contribution >= 4 is 56.4 Å². The lowest BCUT2D eigenvalue weighted by atomic mass is 10.2. The number of rotatable bonds is 4. The summed E-state index contributed by atoms with van der Waals surface area (Å²) in [6.07, 6.45) is 0. The predicted molar refractivity (Wildman–Crippen MR) is 100 cm³/mol. The third-order valence-corrected chi connectivity index (χ3v) is 5.74. The van der Waals surface area contributed by atoms with E-state index in [1.54, 1.807) is 23.6 Å². The molecule has 2 heterocycles. The second-order valence-electron chi connectivity index (χ2n) is 5.22. The third-order valence-electron chi connectivity index (χ3n) is 3.48. The number of hydrogen-bond donors (Lipinski definition) is 0. The van der Waals surface area contributed by atoms with Gasteiger partial charge < -0.3 is 9.30 Å². The van der Waals surface area contributed by atoms with Crippen molar-refractivity contribution in [3.63, 3.8) is 0 Å². The van der Waals surface area contributed by atoms with E-state index in [1.807, 2.05) is 25.1 Å². The number of thiazole rings is 1. The number of thiophene rings is 1. The first-order chi connectivity index (χ1) is 12.0. The van der Waals surface area contributed by atoms with E-state index in [2.05, 4.69) is 4.99 Å². The minimum Gasteiger partial charge on any atom is -0.465 e. The number of aromatic nitrogens is 1. The van der Waals surface area contributed by atoms with Crippen LogP contribution in [0.1, 0.15) is 22.2 Å². The van der Waals surface area contributed by atoms with Crippen LogP contribution < -0.4 is 4.80 Å². The van der Waals surface area contributed by atoms with Gasteiger partial charge in [0.2, 0.25) is 0 Å². The zero-order valence-electron chi connectivity index (χ0n) is 13.6. The largest absolute Gasteiger partial charge is 0.465 e. The maximum atomic E-state index is 12.4. The number of ether oxygens (including phenoxy) is 1. The van der Waals surface area contributed by atoms with Crippen LogP contribution in [0.5, 0.6) is 0 Å². The summed E-state index contributed by atoms with van der Waals surface area (Å²) < 4.78 is 8.28. The zero-order valence-corrected chi connectivity index (χ0v) is 16.0. The first-order valence-corrected chi connectivity index (χ1v) is 9.59. The molecule has 8 heteroatoms. The van der Waals surface area contributed by atoms with E-state index in [0.717, 1.165) is 15.8 Å². The molecule has 130 valence electrons. The molecule has 0 N–H and O–H groups in total. The quantitative estimate of drug-likeness (QED) is 0.627. The number of aryl methyl sites for hydroxylation is 1. The summed E-state index contributed by atoms with van der Waals surface area (Å²) in [5.41, 5.74) is 1.89. The van der Waals surface area contributed by atoms with Gasteiger partial charge in [0.15, 0.2) is 4.80 Å². The van der Waals surface area contributed by atoms with E-state index in [9.17, 15) is 9.59 Å². The van der Waals surface area contributed by atoms with Gasteiger partial charge in [-0.15, -0.1) is 11.3 Å². The topological polar surface area (TPSA) is 60.7 Å². The molecule has 0 saturated heterocycles. The normalized spacial score (nSPS) is 11.9. The standard InChI is InChI=1S/C17H15ClN2O3S2/c1-3-23-14(21)9-20-15-10(2)5-4-6-11(15)25-17(20)19-16(22)12-7-8-13(18)24-12/h4-8H,3,9H2,1-2H3. The lowest BCUT2D eigenvalue weighted by Gasteiger charge is -2.06. The monoisotopic (exact) mass is 394 g/mol. The molecule has 3 aromatic rings. The van der Waals surface area contributed by atoms with Crippen LogP contribution in [0.15, 0.2) is 35.3 Å². The van der Waals surface area contributed by atoms with Crippen molar-refractivity contribution in [3.05, 3.63) is 49.9 Å². The van der Waals surface area contributed by atoms with Crippen LogP contribution in [-0.4, -0.2) is 23.1 Å². The zero-order chi connectivity index (χ0) is 18.0. The average molecular weight is 395 g/mol. The molecular formula is C17H15ClN2O3S2. The molecule has 25 heavy (non-hydrogen) atoms. The molecule has 0 unspecified atom stereocenters. The Bertz CT molecular complexity index is 1020. The first kappa shape index (κ1) is 17.8. The Labute approximate surface area is 157 Å². The van der Waals surface area contributed by atoms with Crippen molar-refractivity contribution in [2.45, 2.75) is 20.4 Å². The van der Waals surface area contributed by atoms with Gasteiger partial charge in [-0.3, -0.25) is 9.59 Å². The first-order valence-electron chi connectivity index (χ1n) is 7.58. The van der Waals surface area contributed by atoms with Crippen molar-refractivity contribution in [3.8, 4) is 0 Å². The highest BCUT2D eigenvalue weighted by atomic mass is 35.5. The Morgan fingerprint density at radius 2 is 2.04 bits per heavy atom. The number of esters is 1. The van der Waals surface area contributed by atoms with E-state index < -0.39 is 0 Å². The Hall–Kier alpha value is -1.96. The summed E-state index contributed by atoms with van der Waals surface area (Å²) >= 11 is 8.43. The van der Waals surface area contributed by atoms with Gasteiger partial charge in [-0.25, -0.2) is 0 Å². The minimum absolute atomic E-state index is 0.00992. The molecule has 2 aromatic heterocycles. The molecule has 5 nitrogen and oxygen atoms in total. The Morgan fingerprint density at radius 1 is 1.24 bits per heavy atom. The summed E-state index contributed by atoms with van der Waals surface area (Å²) in [7, 11) is 0. The highest BCUT2D eigenvalue weighted by Crippen LogP contribution is 2.23. The summed E-state index contributed by atoms with van der Waals surface area (Å²) in [6, 6.07) is 9.15. The molecule has 0 aliphatic rings. The molecule has 0 radical (unpaired) electrons. The molecule has 0 spiro atoms. The maximum absolute atomic E-state index is 12.4. The molecule has 0 saturated carbocycles. The second kappa shape index (κ2) is 7.51. The van der Waals surface area contributed by atoms with Gasteiger partial charge in [-0.05, 0) is 37.6 Å². The lowest BCUT2D eigenvalue weighted by molar-refractivity contribution is -0.143. The van der Waals surface area contributed by atoms with Gasteiger partial charge in [0.25, 0.3) is 5.91 Å². The third kappa shape index (κ3) is 3.84. The summed E-state index contributed by atoms with van der Waals surface area (Å²) in [4.78, 5) is 29.6. The Balaban J connectivity index is 2.13. The number of fused-ring (bicyclic) bond motifs is 1. The second-order valence-corrected chi connectivity index (χ2v) is 7.94. The number of carbonyl (C=O) groups is 2. The minimum atomic E-state index is -0.376. The van der Waals surface area contributed by atoms with E-state index >= 15 is 0 Å². The number of benzene rings is 1. The highest BCUT2D eigenvalue weighted by molar-refractivity contribution is 7.18. The van der Waals surface area contributed by atoms with E-state index in [1.165, 1.54) is 22.7 Å². The SMILES string of the molecule is CCOC(=O)Cn1c(=NC(=O)c2ccc(Cl)s2)sc2cccc(C)c21. The van der Waals surface area contributed by atoms with Crippen molar-refractivity contribution in [2.24, 2.45) is 4.99 Å². The fraction of sp³-hybridized carbons (Fsp3) is 0.235. The molecule has 0 atom stereocenters. The van der Waals surface area contributed by atoms with Crippen molar-refractivity contribution in [1.82, 2.24) is 4.57 Å². The fourth-order valence-electron chi connectivity index (χ4n) is 2.45. The summed E-state index contributed by atoms with van der Waals surface area (Å²) in [5.74, 6) is -0.739. The van der Waals surface area contributed by atoms with Crippen molar-refractivity contribution in [2.75, 3.05) is 6.61 Å². The number of nitrogens with zero attached hydrogens (tertiary/aromatic N) is 2. The van der Waals surface area contributed by atoms with Crippen LogP contribution in [0.4, 0.5) is 0 Å². The van der Waals surface area contributed by atoms with Gasteiger partial charge in [-0.2, -0.15) is 4.99 Å². The summed E-state index contributed by atoms with van der Waals surface area (Å²) in [6.45, 7) is 4.03. The van der Waals surface area contributed by atoms with Crippen LogP contribution in [0.3, 0.4) is 0 Å². The number of carbonyl (C=O) groups excluding carboxylic acids is 2. The van der Waals surface area contributed by atoms with Crippen molar-refractivity contribution < 1.29 is 14.3 Å². The molecule has 1 amide bonds.